The van der Waals surface area contributed by atoms with E-state index in [1.807, 2.05) is 51.1 Å². The molecule has 5 heteroatoms. The Morgan fingerprint density at radius 2 is 1.85 bits per heavy atom. The van der Waals surface area contributed by atoms with E-state index in [9.17, 15) is 4.79 Å². The van der Waals surface area contributed by atoms with Crippen molar-refractivity contribution in [2.45, 2.75) is 46.6 Å². The van der Waals surface area contributed by atoms with Gasteiger partial charge in [0.05, 0.1) is 0 Å². The van der Waals surface area contributed by atoms with Crippen LogP contribution in [0, 0.1) is 20.8 Å². The number of fused-ring (bicyclic) bond motifs is 1. The van der Waals surface area contributed by atoms with Crippen molar-refractivity contribution in [3.63, 3.8) is 0 Å². The quantitative estimate of drug-likeness (QED) is 0.484. The fraction of sp³-hybridized carbons (Fsp3) is 0.333. The molecule has 1 aliphatic heterocycles. The highest BCUT2D eigenvalue weighted by atomic mass is 32.1. The number of ether oxygens (including phenoxy) is 2. The molecule has 136 valence electrons. The second-order valence-electron chi connectivity index (χ2n) is 6.61. The predicted molar refractivity (Wildman–Crippen MR) is 107 cm³/mol. The zero-order valence-electron chi connectivity index (χ0n) is 15.5. The van der Waals surface area contributed by atoms with Gasteiger partial charge in [0.15, 0.2) is 0 Å². The van der Waals surface area contributed by atoms with E-state index >= 15 is 0 Å². The van der Waals surface area contributed by atoms with Crippen LogP contribution in [0.2, 0.25) is 0 Å². The molecule has 0 saturated carbocycles. The lowest BCUT2D eigenvalue weighted by molar-refractivity contribution is -0.131. The van der Waals surface area contributed by atoms with Crippen LogP contribution in [0.1, 0.15) is 35.6 Å². The Bertz CT molecular complexity index is 862. The van der Waals surface area contributed by atoms with Crippen LogP contribution in [0.5, 0.6) is 11.5 Å². The Morgan fingerprint density at radius 3 is 2.50 bits per heavy atom. The Balaban J connectivity index is 1.86. The summed E-state index contributed by atoms with van der Waals surface area (Å²) in [6.07, 6.45) is 1.45. The topological polar surface area (TPSA) is 47.6 Å². The van der Waals surface area contributed by atoms with Crippen LogP contribution in [0.3, 0.4) is 0 Å². The molecule has 0 spiro atoms. The molecule has 3 rings (SSSR count). The van der Waals surface area contributed by atoms with E-state index in [1.165, 1.54) is 6.92 Å². The Labute approximate surface area is 159 Å². The van der Waals surface area contributed by atoms with Gasteiger partial charge in [-0.25, -0.2) is 0 Å². The van der Waals surface area contributed by atoms with Gasteiger partial charge in [-0.05, 0) is 62.4 Å². The van der Waals surface area contributed by atoms with Crippen LogP contribution in [-0.2, 0) is 11.2 Å². The van der Waals surface area contributed by atoms with Gasteiger partial charge in [0.1, 0.15) is 22.6 Å². The largest absolute Gasteiger partial charge is 0.483 e. The van der Waals surface area contributed by atoms with Crippen molar-refractivity contribution >= 4 is 28.9 Å². The number of rotatable bonds is 3. The van der Waals surface area contributed by atoms with Gasteiger partial charge in [-0.1, -0.05) is 30.4 Å². The summed E-state index contributed by atoms with van der Waals surface area (Å²) in [6.45, 7) is 7.35. The van der Waals surface area contributed by atoms with E-state index in [0.717, 1.165) is 46.5 Å². The summed E-state index contributed by atoms with van der Waals surface area (Å²) in [5.74, 6) is 1.21. The van der Waals surface area contributed by atoms with Crippen molar-refractivity contribution in [2.75, 3.05) is 5.32 Å². The summed E-state index contributed by atoms with van der Waals surface area (Å²) < 4.78 is 11.7. The van der Waals surface area contributed by atoms with E-state index < -0.39 is 0 Å². The Hall–Kier alpha value is -2.40. The molecule has 1 heterocycles. The lowest BCUT2D eigenvalue weighted by Crippen LogP contribution is -2.35. The number of hydrogen-bond acceptors (Lipinski definition) is 4. The smallest absolute Gasteiger partial charge is 0.308 e. The zero-order valence-corrected chi connectivity index (χ0v) is 16.3. The van der Waals surface area contributed by atoms with E-state index in [4.69, 9.17) is 21.7 Å². The number of para-hydroxylation sites is 1. The van der Waals surface area contributed by atoms with Crippen molar-refractivity contribution in [2.24, 2.45) is 0 Å². The van der Waals surface area contributed by atoms with Gasteiger partial charge in [-0.15, -0.1) is 0 Å². The third-order valence-corrected chi connectivity index (χ3v) is 5.17. The molecular formula is C21H23NO3S. The lowest BCUT2D eigenvalue weighted by Gasteiger charge is -2.31. The fourth-order valence-electron chi connectivity index (χ4n) is 3.32. The molecular weight excluding hydrogens is 346 g/mol. The minimum atomic E-state index is -0.307. The van der Waals surface area contributed by atoms with Crippen LogP contribution in [-0.4, -0.2) is 17.1 Å². The molecule has 0 amide bonds. The molecule has 0 bridgehead atoms. The van der Waals surface area contributed by atoms with Gasteiger partial charge in [-0.2, -0.15) is 0 Å². The fourth-order valence-corrected chi connectivity index (χ4v) is 3.60. The second kappa shape index (κ2) is 7.46. The highest BCUT2D eigenvalue weighted by Crippen LogP contribution is 2.41. The summed E-state index contributed by atoms with van der Waals surface area (Å²) in [7, 11) is 0. The number of carbonyl (C=O) groups excluding carboxylic acids is 1. The molecule has 4 nitrogen and oxygen atoms in total. The molecule has 0 radical (unpaired) electrons. The molecule has 26 heavy (non-hydrogen) atoms. The summed E-state index contributed by atoms with van der Waals surface area (Å²) in [5, 5.41) is 3.27. The first-order chi connectivity index (χ1) is 12.4. The van der Waals surface area contributed by atoms with Crippen molar-refractivity contribution in [3.8, 4) is 11.5 Å². The van der Waals surface area contributed by atoms with Crippen LogP contribution in [0.4, 0.5) is 5.69 Å². The van der Waals surface area contributed by atoms with Crippen LogP contribution >= 0.6 is 12.2 Å². The van der Waals surface area contributed by atoms with Crippen LogP contribution in [0.15, 0.2) is 30.3 Å². The summed E-state index contributed by atoms with van der Waals surface area (Å²) in [5.41, 5.74) is 4.95. The molecule has 1 N–H and O–H groups in total. The maximum absolute atomic E-state index is 11.4. The molecule has 0 fully saturated rings. The maximum atomic E-state index is 11.4. The molecule has 1 aliphatic rings. The van der Waals surface area contributed by atoms with E-state index in [1.54, 1.807) is 0 Å². The molecule has 0 saturated heterocycles. The zero-order chi connectivity index (χ0) is 18.8. The number of carbonyl (C=O) groups is 1. The number of thiocarbonyl (C=S) groups is 1. The van der Waals surface area contributed by atoms with Gasteiger partial charge < -0.3 is 14.8 Å². The molecule has 2 aromatic carbocycles. The summed E-state index contributed by atoms with van der Waals surface area (Å²) in [6, 6.07) is 9.87. The van der Waals surface area contributed by atoms with Gasteiger partial charge in [0, 0.05) is 18.2 Å². The number of anilines is 1. The summed E-state index contributed by atoms with van der Waals surface area (Å²) in [4.78, 5) is 12.1. The van der Waals surface area contributed by atoms with Crippen molar-refractivity contribution < 1.29 is 14.3 Å². The minimum absolute atomic E-state index is 0.171. The molecule has 2 aromatic rings. The van der Waals surface area contributed by atoms with Gasteiger partial charge in [0.25, 0.3) is 0 Å². The van der Waals surface area contributed by atoms with Crippen molar-refractivity contribution in [1.82, 2.24) is 0 Å². The maximum Gasteiger partial charge on any atom is 0.308 e. The standard InChI is InChI=1S/C21H23NO3S/c1-12-13(2)20-17(14(3)19(12)24-15(4)23)10-11-18(25-20)21(26)22-16-8-6-5-7-9-16/h5-9,18H,10-11H2,1-4H3,(H,22,26). The van der Waals surface area contributed by atoms with Crippen molar-refractivity contribution in [3.05, 3.63) is 52.6 Å². The SMILES string of the molecule is CC(=O)Oc1c(C)c(C)c2c(c1C)CCC(C(=S)Nc1ccccc1)O2. The predicted octanol–water partition coefficient (Wildman–Crippen LogP) is 4.67. The van der Waals surface area contributed by atoms with E-state index in [2.05, 4.69) is 5.32 Å². The van der Waals surface area contributed by atoms with Crippen LogP contribution < -0.4 is 14.8 Å². The van der Waals surface area contributed by atoms with E-state index in [0.29, 0.717) is 10.7 Å². The highest BCUT2D eigenvalue weighted by molar-refractivity contribution is 7.80. The highest BCUT2D eigenvalue weighted by Gasteiger charge is 2.29. The first-order valence-electron chi connectivity index (χ1n) is 8.72. The van der Waals surface area contributed by atoms with Gasteiger partial charge >= 0.3 is 5.97 Å². The van der Waals surface area contributed by atoms with Crippen LogP contribution in [0.25, 0.3) is 0 Å². The lowest BCUT2D eigenvalue weighted by atomic mass is 9.91. The van der Waals surface area contributed by atoms with Gasteiger partial charge in [0.2, 0.25) is 0 Å². The number of nitrogens with one attached hydrogen (secondary N) is 1. The summed E-state index contributed by atoms with van der Waals surface area (Å²) >= 11 is 5.57. The van der Waals surface area contributed by atoms with Crippen molar-refractivity contribution in [1.29, 1.82) is 0 Å². The van der Waals surface area contributed by atoms with E-state index in [-0.39, 0.29) is 12.1 Å². The molecule has 1 atom stereocenters. The Morgan fingerprint density at radius 1 is 1.15 bits per heavy atom. The molecule has 0 aliphatic carbocycles. The third kappa shape index (κ3) is 3.58. The first-order valence-corrected chi connectivity index (χ1v) is 9.13. The molecule has 0 aromatic heterocycles. The molecule has 1 unspecified atom stereocenters. The average molecular weight is 369 g/mol. The number of benzene rings is 2. The number of esters is 1. The minimum Gasteiger partial charge on any atom is -0.483 e. The first kappa shape index (κ1) is 18.4. The normalized spacial score (nSPS) is 15.6. The second-order valence-corrected chi connectivity index (χ2v) is 7.05. The van der Waals surface area contributed by atoms with Gasteiger partial charge in [-0.3, -0.25) is 4.79 Å². The monoisotopic (exact) mass is 369 g/mol. The average Bonchev–Trinajstić information content (AvgIpc) is 2.63. The number of hydrogen-bond donors (Lipinski definition) is 1. The Kier molecular flexibility index (Phi) is 5.28. The third-order valence-electron chi connectivity index (χ3n) is 4.81.